The van der Waals surface area contributed by atoms with Gasteiger partial charge in [-0.2, -0.15) is 0 Å². The van der Waals surface area contributed by atoms with Crippen LogP contribution in [0.25, 0.3) is 0 Å². The van der Waals surface area contributed by atoms with Gasteiger partial charge >= 0.3 is 0 Å². The van der Waals surface area contributed by atoms with Crippen molar-refractivity contribution in [3.05, 3.63) is 0 Å². The van der Waals surface area contributed by atoms with E-state index in [2.05, 4.69) is 6.92 Å². The SMILES string of the molecule is CCCCCCOCCOCCOCCOCCOCCOCCOCCOCCOCCOCCOCCOCCCl. The van der Waals surface area contributed by atoms with Crippen molar-refractivity contribution >= 4 is 11.6 Å². The van der Waals surface area contributed by atoms with Crippen LogP contribution >= 0.6 is 11.6 Å². The molecule has 0 unspecified atom stereocenters. The van der Waals surface area contributed by atoms with Crippen LogP contribution in [0.2, 0.25) is 0 Å². The van der Waals surface area contributed by atoms with Gasteiger partial charge in [-0.1, -0.05) is 26.2 Å². The Bertz CT molecular complexity index is 442. The van der Waals surface area contributed by atoms with Crippen LogP contribution in [-0.2, 0) is 56.8 Å². The van der Waals surface area contributed by atoms with Crippen molar-refractivity contribution in [3.63, 3.8) is 0 Å². The van der Waals surface area contributed by atoms with Gasteiger partial charge in [0.05, 0.1) is 152 Å². The summed E-state index contributed by atoms with van der Waals surface area (Å²) in [5, 5.41) is 0. The minimum atomic E-state index is 0.499. The molecular weight excluding hydrogens is 588 g/mol. The zero-order valence-electron chi connectivity index (χ0n) is 26.8. The van der Waals surface area contributed by atoms with Gasteiger partial charge in [0.2, 0.25) is 0 Å². The summed E-state index contributed by atoms with van der Waals surface area (Å²) in [5.74, 6) is 0.499. The third-order valence-electron chi connectivity index (χ3n) is 5.46. The summed E-state index contributed by atoms with van der Waals surface area (Å²) in [5.41, 5.74) is 0. The van der Waals surface area contributed by atoms with E-state index in [1.807, 2.05) is 0 Å². The molecule has 0 aliphatic rings. The average molecular weight is 649 g/mol. The van der Waals surface area contributed by atoms with Gasteiger partial charge in [0.15, 0.2) is 0 Å². The highest BCUT2D eigenvalue weighted by atomic mass is 35.5. The molecule has 12 nitrogen and oxygen atoms in total. The normalized spacial score (nSPS) is 11.6. The highest BCUT2D eigenvalue weighted by molar-refractivity contribution is 6.17. The molecule has 0 aromatic rings. The Morgan fingerprint density at radius 2 is 0.465 bits per heavy atom. The van der Waals surface area contributed by atoms with Gasteiger partial charge in [-0.05, 0) is 6.42 Å². The van der Waals surface area contributed by atoms with Crippen molar-refractivity contribution in [1.29, 1.82) is 0 Å². The van der Waals surface area contributed by atoms with E-state index in [0.29, 0.717) is 158 Å². The molecule has 260 valence electrons. The molecule has 0 atom stereocenters. The summed E-state index contributed by atoms with van der Waals surface area (Å²) in [6.45, 7) is 15.4. The Morgan fingerprint density at radius 1 is 0.256 bits per heavy atom. The molecule has 43 heavy (non-hydrogen) atoms. The van der Waals surface area contributed by atoms with Crippen LogP contribution in [-0.4, -0.2) is 164 Å². The zero-order chi connectivity index (χ0) is 31.0. The molecule has 0 heterocycles. The van der Waals surface area contributed by atoms with Crippen molar-refractivity contribution in [2.45, 2.75) is 32.6 Å². The molecule has 0 aromatic heterocycles. The molecule has 0 radical (unpaired) electrons. The summed E-state index contributed by atoms with van der Waals surface area (Å²) >= 11 is 5.51. The standard InChI is InChI=1S/C30H61ClO12/c1-2-3-4-5-7-32-9-11-34-13-15-36-17-19-38-21-23-40-25-27-42-29-30-43-28-26-41-24-22-39-20-18-37-16-14-35-12-10-33-8-6-31/h2-30H2,1H3. The molecule has 0 bridgehead atoms. The second-order valence-electron chi connectivity index (χ2n) is 9.10. The van der Waals surface area contributed by atoms with Crippen molar-refractivity contribution in [2.24, 2.45) is 0 Å². The average Bonchev–Trinajstić information content (AvgIpc) is 3.02. The topological polar surface area (TPSA) is 111 Å². The van der Waals surface area contributed by atoms with Crippen LogP contribution in [0.4, 0.5) is 0 Å². The minimum Gasteiger partial charge on any atom is -0.379 e. The summed E-state index contributed by atoms with van der Waals surface area (Å²) in [6, 6.07) is 0. The van der Waals surface area contributed by atoms with Crippen molar-refractivity contribution in [3.8, 4) is 0 Å². The van der Waals surface area contributed by atoms with Crippen molar-refractivity contribution < 1.29 is 56.8 Å². The molecule has 0 rings (SSSR count). The number of hydrogen-bond donors (Lipinski definition) is 0. The number of hydrogen-bond acceptors (Lipinski definition) is 12. The van der Waals surface area contributed by atoms with E-state index in [1.165, 1.54) is 19.3 Å². The maximum atomic E-state index is 5.52. The van der Waals surface area contributed by atoms with Crippen LogP contribution in [0, 0.1) is 0 Å². The van der Waals surface area contributed by atoms with E-state index >= 15 is 0 Å². The fourth-order valence-corrected chi connectivity index (χ4v) is 3.32. The lowest BCUT2D eigenvalue weighted by Gasteiger charge is -2.09. The molecule has 0 amide bonds. The number of ether oxygens (including phenoxy) is 12. The molecule has 0 aliphatic heterocycles. The van der Waals surface area contributed by atoms with E-state index in [1.54, 1.807) is 0 Å². The Morgan fingerprint density at radius 3 is 0.674 bits per heavy atom. The van der Waals surface area contributed by atoms with Gasteiger partial charge in [-0.3, -0.25) is 0 Å². The molecule has 0 fully saturated rings. The number of alkyl halides is 1. The second kappa shape index (κ2) is 41.8. The van der Waals surface area contributed by atoms with Crippen LogP contribution < -0.4 is 0 Å². The van der Waals surface area contributed by atoms with E-state index in [0.717, 1.165) is 13.0 Å². The van der Waals surface area contributed by atoms with Crippen LogP contribution in [0.3, 0.4) is 0 Å². The van der Waals surface area contributed by atoms with Gasteiger partial charge < -0.3 is 56.8 Å². The first kappa shape index (κ1) is 42.8. The third kappa shape index (κ3) is 41.8. The Hall–Kier alpha value is -0.190. The second-order valence-corrected chi connectivity index (χ2v) is 9.48. The predicted octanol–water partition coefficient (Wildman–Crippen LogP) is 3.00. The lowest BCUT2D eigenvalue weighted by Crippen LogP contribution is -2.15. The number of halogens is 1. The summed E-state index contributed by atoms with van der Waals surface area (Å²) in [7, 11) is 0. The molecular formula is C30H61ClO12. The van der Waals surface area contributed by atoms with Gasteiger partial charge in [0.25, 0.3) is 0 Å². The van der Waals surface area contributed by atoms with Crippen molar-refractivity contribution in [2.75, 3.05) is 164 Å². The van der Waals surface area contributed by atoms with Crippen LogP contribution in [0.5, 0.6) is 0 Å². The monoisotopic (exact) mass is 648 g/mol. The first-order valence-electron chi connectivity index (χ1n) is 15.9. The minimum absolute atomic E-state index is 0.499. The molecule has 0 aromatic carbocycles. The third-order valence-corrected chi connectivity index (χ3v) is 5.61. The Labute approximate surface area is 265 Å². The van der Waals surface area contributed by atoms with Gasteiger partial charge in [-0.15, -0.1) is 11.6 Å². The molecule has 0 saturated carbocycles. The molecule has 0 spiro atoms. The highest BCUT2D eigenvalue weighted by Gasteiger charge is 1.97. The van der Waals surface area contributed by atoms with Crippen LogP contribution in [0.1, 0.15) is 32.6 Å². The highest BCUT2D eigenvalue weighted by Crippen LogP contribution is 1.98. The first-order chi connectivity index (χ1) is 21.4. The van der Waals surface area contributed by atoms with Gasteiger partial charge in [0, 0.05) is 12.5 Å². The number of rotatable bonds is 40. The lowest BCUT2D eigenvalue weighted by molar-refractivity contribution is -0.0282. The molecule has 0 aliphatic carbocycles. The summed E-state index contributed by atoms with van der Waals surface area (Å²) < 4.78 is 65.3. The van der Waals surface area contributed by atoms with Gasteiger partial charge in [-0.25, -0.2) is 0 Å². The van der Waals surface area contributed by atoms with Crippen molar-refractivity contribution in [1.82, 2.24) is 0 Å². The first-order valence-corrected chi connectivity index (χ1v) is 16.4. The fourth-order valence-electron chi connectivity index (χ4n) is 3.21. The quantitative estimate of drug-likeness (QED) is 0.0719. The summed E-state index contributed by atoms with van der Waals surface area (Å²) in [6.07, 6.45) is 4.90. The molecule has 0 saturated heterocycles. The fraction of sp³-hybridized carbons (Fsp3) is 1.00. The van der Waals surface area contributed by atoms with Gasteiger partial charge in [0.1, 0.15) is 0 Å². The largest absolute Gasteiger partial charge is 0.379 e. The van der Waals surface area contributed by atoms with Crippen LogP contribution in [0.15, 0.2) is 0 Å². The van der Waals surface area contributed by atoms with E-state index in [-0.39, 0.29) is 0 Å². The smallest absolute Gasteiger partial charge is 0.0701 e. The summed E-state index contributed by atoms with van der Waals surface area (Å²) in [4.78, 5) is 0. The predicted molar refractivity (Wildman–Crippen MR) is 165 cm³/mol. The lowest BCUT2D eigenvalue weighted by atomic mass is 10.2. The molecule has 0 N–H and O–H groups in total. The Balaban J connectivity index is 3.02. The Kier molecular flexibility index (Phi) is 41.6. The molecule has 13 heteroatoms. The van der Waals surface area contributed by atoms with E-state index in [4.69, 9.17) is 68.4 Å². The maximum absolute atomic E-state index is 5.52. The maximum Gasteiger partial charge on any atom is 0.0701 e. The van der Waals surface area contributed by atoms with E-state index in [9.17, 15) is 0 Å². The zero-order valence-corrected chi connectivity index (χ0v) is 27.5. The van der Waals surface area contributed by atoms with E-state index < -0.39 is 0 Å². The number of unbranched alkanes of at least 4 members (excludes halogenated alkanes) is 3.